The highest BCUT2D eigenvalue weighted by Gasteiger charge is 2.07. The van der Waals surface area contributed by atoms with Gasteiger partial charge >= 0.3 is 0 Å². The molecule has 0 spiro atoms. The fourth-order valence-electron chi connectivity index (χ4n) is 2.43. The van der Waals surface area contributed by atoms with Crippen LogP contribution in [0, 0.1) is 20.8 Å². The monoisotopic (exact) mass is 262 g/mol. The Bertz CT molecular complexity index is 523. The van der Waals surface area contributed by atoms with Gasteiger partial charge in [0.2, 0.25) is 0 Å². The fourth-order valence-corrected chi connectivity index (χ4v) is 3.31. The highest BCUT2D eigenvalue weighted by Crippen LogP contribution is 2.17. The van der Waals surface area contributed by atoms with Crippen molar-refractivity contribution in [3.05, 3.63) is 44.9 Å². The first-order valence-corrected chi connectivity index (χ1v) is 7.40. The minimum atomic E-state index is 0.955. The molecule has 0 amide bonds. The number of nitrogens with zero attached hydrogens (tertiary/aromatic N) is 1. The Labute approximate surface area is 114 Å². The molecule has 0 saturated heterocycles. The minimum Gasteiger partial charge on any atom is -0.349 e. The second-order valence-electron chi connectivity index (χ2n) is 4.77. The van der Waals surface area contributed by atoms with Gasteiger partial charge in [-0.15, -0.1) is 11.3 Å². The van der Waals surface area contributed by atoms with Gasteiger partial charge in [0.15, 0.2) is 0 Å². The SMILES string of the molecule is CCn1c(C)cc(CNCc2sccc2C)c1C. The molecule has 0 unspecified atom stereocenters. The van der Waals surface area contributed by atoms with Crippen molar-refractivity contribution in [3.63, 3.8) is 0 Å². The molecular weight excluding hydrogens is 240 g/mol. The number of aromatic nitrogens is 1. The highest BCUT2D eigenvalue weighted by atomic mass is 32.1. The van der Waals surface area contributed by atoms with E-state index in [1.165, 1.54) is 27.4 Å². The fraction of sp³-hybridized carbons (Fsp3) is 0.467. The molecule has 0 aliphatic rings. The quantitative estimate of drug-likeness (QED) is 0.867. The van der Waals surface area contributed by atoms with E-state index in [4.69, 9.17) is 0 Å². The van der Waals surface area contributed by atoms with E-state index in [1.54, 1.807) is 0 Å². The van der Waals surface area contributed by atoms with Gasteiger partial charge in [0.05, 0.1) is 0 Å². The summed E-state index contributed by atoms with van der Waals surface area (Å²) in [6.45, 7) is 11.8. The summed E-state index contributed by atoms with van der Waals surface area (Å²) >= 11 is 1.83. The first kappa shape index (κ1) is 13.4. The van der Waals surface area contributed by atoms with E-state index in [-0.39, 0.29) is 0 Å². The van der Waals surface area contributed by atoms with E-state index < -0.39 is 0 Å². The van der Waals surface area contributed by atoms with E-state index in [2.05, 4.69) is 55.1 Å². The molecule has 1 N–H and O–H groups in total. The second-order valence-corrected chi connectivity index (χ2v) is 5.77. The van der Waals surface area contributed by atoms with E-state index in [0.29, 0.717) is 0 Å². The van der Waals surface area contributed by atoms with Crippen molar-refractivity contribution in [2.24, 2.45) is 0 Å². The van der Waals surface area contributed by atoms with Crippen LogP contribution < -0.4 is 5.32 Å². The molecule has 18 heavy (non-hydrogen) atoms. The zero-order valence-electron chi connectivity index (χ0n) is 11.7. The molecule has 2 aromatic rings. The molecule has 2 rings (SSSR count). The van der Waals surface area contributed by atoms with Crippen molar-refractivity contribution in [1.82, 2.24) is 9.88 Å². The third kappa shape index (κ3) is 2.68. The summed E-state index contributed by atoms with van der Waals surface area (Å²) in [6, 6.07) is 4.48. The van der Waals surface area contributed by atoms with Crippen LogP contribution in [0.2, 0.25) is 0 Å². The van der Waals surface area contributed by atoms with Crippen LogP contribution in [-0.4, -0.2) is 4.57 Å². The van der Waals surface area contributed by atoms with Gasteiger partial charge in [-0.2, -0.15) is 0 Å². The van der Waals surface area contributed by atoms with Gasteiger partial charge in [0.1, 0.15) is 0 Å². The van der Waals surface area contributed by atoms with Gasteiger partial charge in [-0.05, 0) is 56.3 Å². The van der Waals surface area contributed by atoms with E-state index >= 15 is 0 Å². The smallest absolute Gasteiger partial charge is 0.0305 e. The Balaban J connectivity index is 1.97. The number of nitrogens with one attached hydrogen (secondary N) is 1. The Morgan fingerprint density at radius 3 is 2.56 bits per heavy atom. The van der Waals surface area contributed by atoms with Gasteiger partial charge in [-0.3, -0.25) is 0 Å². The van der Waals surface area contributed by atoms with E-state index in [1.807, 2.05) is 11.3 Å². The van der Waals surface area contributed by atoms with Crippen LogP contribution in [0.1, 0.15) is 34.3 Å². The standard InChI is InChI=1S/C15H22N2S/c1-5-17-12(3)8-14(13(17)4)9-16-10-15-11(2)6-7-18-15/h6-8,16H,5,9-10H2,1-4H3. The lowest BCUT2D eigenvalue weighted by molar-refractivity contribution is 0.679. The van der Waals surface area contributed by atoms with Crippen molar-refractivity contribution in [1.29, 1.82) is 0 Å². The topological polar surface area (TPSA) is 17.0 Å². The zero-order valence-corrected chi connectivity index (χ0v) is 12.5. The molecule has 0 aliphatic carbocycles. The molecule has 0 fully saturated rings. The summed E-state index contributed by atoms with van der Waals surface area (Å²) in [5, 5.41) is 5.71. The van der Waals surface area contributed by atoms with Crippen LogP contribution >= 0.6 is 11.3 Å². The number of aryl methyl sites for hydroxylation is 2. The largest absolute Gasteiger partial charge is 0.349 e. The third-order valence-corrected chi connectivity index (χ3v) is 4.59. The predicted octanol–water partition coefficient (Wildman–Crippen LogP) is 3.78. The normalized spacial score (nSPS) is 11.1. The second kappa shape index (κ2) is 5.72. The van der Waals surface area contributed by atoms with Crippen LogP contribution in [0.25, 0.3) is 0 Å². The molecule has 0 atom stereocenters. The summed E-state index contributed by atoms with van der Waals surface area (Å²) in [5.41, 5.74) is 5.57. The van der Waals surface area contributed by atoms with Gasteiger partial charge in [0.25, 0.3) is 0 Å². The van der Waals surface area contributed by atoms with Crippen molar-refractivity contribution in [2.75, 3.05) is 0 Å². The summed E-state index contributed by atoms with van der Waals surface area (Å²) in [7, 11) is 0. The lowest BCUT2D eigenvalue weighted by atomic mass is 10.2. The molecule has 0 aromatic carbocycles. The van der Waals surface area contributed by atoms with E-state index in [0.717, 1.165) is 19.6 Å². The molecule has 2 nitrogen and oxygen atoms in total. The maximum absolute atomic E-state index is 3.55. The maximum Gasteiger partial charge on any atom is 0.0305 e. The Kier molecular flexibility index (Phi) is 4.25. The van der Waals surface area contributed by atoms with Crippen molar-refractivity contribution >= 4 is 11.3 Å². The summed E-state index contributed by atoms with van der Waals surface area (Å²) in [5.74, 6) is 0. The van der Waals surface area contributed by atoms with Gasteiger partial charge < -0.3 is 9.88 Å². The zero-order chi connectivity index (χ0) is 13.1. The number of thiophene rings is 1. The van der Waals surface area contributed by atoms with E-state index in [9.17, 15) is 0 Å². The summed E-state index contributed by atoms with van der Waals surface area (Å²) < 4.78 is 2.37. The van der Waals surface area contributed by atoms with Gasteiger partial charge in [0, 0.05) is 35.9 Å². The average molecular weight is 262 g/mol. The summed E-state index contributed by atoms with van der Waals surface area (Å²) in [6.07, 6.45) is 0. The Morgan fingerprint density at radius 1 is 1.22 bits per heavy atom. The Morgan fingerprint density at radius 2 is 2.00 bits per heavy atom. The number of rotatable bonds is 5. The molecule has 2 heterocycles. The number of hydrogen-bond donors (Lipinski definition) is 1. The Hall–Kier alpha value is -1.06. The molecule has 0 bridgehead atoms. The van der Waals surface area contributed by atoms with Crippen LogP contribution in [-0.2, 0) is 19.6 Å². The van der Waals surface area contributed by atoms with Crippen LogP contribution in [0.4, 0.5) is 0 Å². The summed E-state index contributed by atoms with van der Waals surface area (Å²) in [4.78, 5) is 1.44. The molecule has 98 valence electrons. The maximum atomic E-state index is 3.55. The van der Waals surface area contributed by atoms with Crippen LogP contribution in [0.5, 0.6) is 0 Å². The average Bonchev–Trinajstić information content (AvgIpc) is 2.85. The third-order valence-electron chi connectivity index (χ3n) is 3.56. The minimum absolute atomic E-state index is 0.955. The predicted molar refractivity (Wildman–Crippen MR) is 79.2 cm³/mol. The first-order valence-electron chi connectivity index (χ1n) is 6.52. The molecule has 0 radical (unpaired) electrons. The van der Waals surface area contributed by atoms with Crippen LogP contribution in [0.3, 0.4) is 0 Å². The van der Waals surface area contributed by atoms with Crippen molar-refractivity contribution in [2.45, 2.75) is 47.3 Å². The van der Waals surface area contributed by atoms with Crippen LogP contribution in [0.15, 0.2) is 17.5 Å². The van der Waals surface area contributed by atoms with Crippen molar-refractivity contribution < 1.29 is 0 Å². The highest BCUT2D eigenvalue weighted by molar-refractivity contribution is 7.10. The lowest BCUT2D eigenvalue weighted by Gasteiger charge is -2.07. The van der Waals surface area contributed by atoms with Gasteiger partial charge in [-0.25, -0.2) is 0 Å². The molecule has 2 aromatic heterocycles. The lowest BCUT2D eigenvalue weighted by Crippen LogP contribution is -2.13. The number of hydrogen-bond acceptors (Lipinski definition) is 2. The van der Waals surface area contributed by atoms with Gasteiger partial charge in [-0.1, -0.05) is 0 Å². The first-order chi connectivity index (χ1) is 8.63. The molecular formula is C15H22N2S. The molecule has 0 aliphatic heterocycles. The molecule has 0 saturated carbocycles. The molecule has 3 heteroatoms. The van der Waals surface area contributed by atoms with Crippen molar-refractivity contribution in [3.8, 4) is 0 Å².